The van der Waals surface area contributed by atoms with Crippen molar-refractivity contribution in [1.29, 1.82) is 0 Å². The van der Waals surface area contributed by atoms with Gasteiger partial charge in [-0.2, -0.15) is 0 Å². The smallest absolute Gasteiger partial charge is 0.238 e. The Labute approximate surface area is 133 Å². The largest absolute Gasteiger partial charge is 0.369 e. The third kappa shape index (κ3) is 3.00. The summed E-state index contributed by atoms with van der Waals surface area (Å²) in [6, 6.07) is 0.399. The number of hydrogen-bond donors (Lipinski definition) is 1. The average Bonchev–Trinajstić information content (AvgIpc) is 3.34. The molecule has 1 aliphatic heterocycles. The lowest BCUT2D eigenvalue weighted by molar-refractivity contribution is -0.143. The fourth-order valence-corrected chi connectivity index (χ4v) is 3.73. The molecule has 3 aliphatic rings. The third-order valence-corrected chi connectivity index (χ3v) is 5.63. The van der Waals surface area contributed by atoms with Crippen LogP contribution >= 0.6 is 0 Å². The summed E-state index contributed by atoms with van der Waals surface area (Å²) in [5.41, 5.74) is 4.61. The zero-order valence-corrected chi connectivity index (χ0v) is 13.9. The highest BCUT2D eigenvalue weighted by molar-refractivity contribution is 6.07. The van der Waals surface area contributed by atoms with Gasteiger partial charge in [-0.1, -0.05) is 13.8 Å². The van der Waals surface area contributed by atoms with Gasteiger partial charge in [-0.05, 0) is 43.9 Å². The van der Waals surface area contributed by atoms with Crippen molar-refractivity contribution in [2.75, 3.05) is 26.2 Å². The van der Waals surface area contributed by atoms with Gasteiger partial charge in [0.25, 0.3) is 0 Å². The Morgan fingerprint density at radius 3 is 2.41 bits per heavy atom. The molecule has 0 spiro atoms. The van der Waals surface area contributed by atoms with E-state index in [1.807, 2.05) is 4.90 Å². The maximum atomic E-state index is 12.8. The molecule has 3 rings (SSSR count). The quantitative estimate of drug-likeness (QED) is 0.777. The first kappa shape index (κ1) is 15.8. The van der Waals surface area contributed by atoms with E-state index in [-0.39, 0.29) is 5.91 Å². The van der Waals surface area contributed by atoms with Crippen LogP contribution < -0.4 is 5.73 Å². The van der Waals surface area contributed by atoms with Crippen molar-refractivity contribution in [1.82, 2.24) is 9.80 Å². The fraction of sp³-hybridized carbons (Fsp3) is 0.882. The van der Waals surface area contributed by atoms with Gasteiger partial charge in [0.15, 0.2) is 0 Å². The van der Waals surface area contributed by atoms with Gasteiger partial charge < -0.3 is 10.6 Å². The molecule has 0 aromatic rings. The molecular formula is C17H29N3O2. The van der Waals surface area contributed by atoms with Gasteiger partial charge in [-0.25, -0.2) is 0 Å². The van der Waals surface area contributed by atoms with E-state index in [4.69, 9.17) is 5.73 Å². The maximum Gasteiger partial charge on any atom is 0.238 e. The van der Waals surface area contributed by atoms with E-state index in [1.165, 1.54) is 19.4 Å². The number of carbonyl (C=O) groups excluding carboxylic acids is 2. The summed E-state index contributed by atoms with van der Waals surface area (Å²) in [5.74, 6) is 0.927. The first-order chi connectivity index (χ1) is 10.4. The molecule has 124 valence electrons. The van der Waals surface area contributed by atoms with Crippen molar-refractivity contribution in [2.24, 2.45) is 23.0 Å². The normalized spacial score (nSPS) is 28.5. The first-order valence-electron chi connectivity index (χ1n) is 8.77. The Morgan fingerprint density at radius 1 is 1.23 bits per heavy atom. The van der Waals surface area contributed by atoms with Crippen LogP contribution in [-0.4, -0.2) is 53.8 Å². The van der Waals surface area contributed by atoms with Crippen LogP contribution in [0.3, 0.4) is 0 Å². The second-order valence-corrected chi connectivity index (χ2v) is 7.80. The van der Waals surface area contributed by atoms with Crippen LogP contribution in [0.15, 0.2) is 0 Å². The Hall–Kier alpha value is -1.10. The van der Waals surface area contributed by atoms with Gasteiger partial charge in [0.05, 0.1) is 0 Å². The van der Waals surface area contributed by atoms with Gasteiger partial charge in [0, 0.05) is 32.2 Å². The van der Waals surface area contributed by atoms with Crippen LogP contribution in [0.2, 0.25) is 0 Å². The van der Waals surface area contributed by atoms with Crippen LogP contribution in [0.25, 0.3) is 0 Å². The minimum absolute atomic E-state index is 0.0149. The Morgan fingerprint density at radius 2 is 1.91 bits per heavy atom. The Bertz CT molecular complexity index is 455. The van der Waals surface area contributed by atoms with E-state index in [9.17, 15) is 9.59 Å². The summed E-state index contributed by atoms with van der Waals surface area (Å²) >= 11 is 0. The predicted molar refractivity (Wildman–Crippen MR) is 85.0 cm³/mol. The molecule has 5 heteroatoms. The van der Waals surface area contributed by atoms with E-state index >= 15 is 0 Å². The number of nitrogens with zero attached hydrogens (tertiary/aromatic N) is 2. The summed E-state index contributed by atoms with van der Waals surface area (Å²) in [7, 11) is 0. The molecule has 3 fully saturated rings. The van der Waals surface area contributed by atoms with Crippen molar-refractivity contribution in [3.05, 3.63) is 0 Å². The lowest BCUT2D eigenvalue weighted by atomic mass is 10.00. The first-order valence-corrected chi connectivity index (χ1v) is 8.77. The number of primary amides is 1. The SMILES string of the molecule is CC(C)[C@@H]1CN(C(=O)C2(C(N)=O)CC2)CCCN1CC1CC1. The van der Waals surface area contributed by atoms with Crippen molar-refractivity contribution in [3.63, 3.8) is 0 Å². The van der Waals surface area contributed by atoms with Crippen LogP contribution in [-0.2, 0) is 9.59 Å². The second kappa shape index (κ2) is 5.84. The van der Waals surface area contributed by atoms with E-state index in [0.717, 1.165) is 32.0 Å². The molecule has 0 radical (unpaired) electrons. The van der Waals surface area contributed by atoms with Crippen LogP contribution in [0.5, 0.6) is 0 Å². The summed E-state index contributed by atoms with van der Waals surface area (Å²) < 4.78 is 0. The van der Waals surface area contributed by atoms with Crippen LogP contribution in [0.1, 0.15) is 46.0 Å². The molecule has 0 aromatic heterocycles. The average molecular weight is 307 g/mol. The van der Waals surface area contributed by atoms with Gasteiger partial charge in [0.1, 0.15) is 5.41 Å². The predicted octanol–water partition coefficient (Wildman–Crippen LogP) is 1.22. The van der Waals surface area contributed by atoms with Crippen LogP contribution in [0.4, 0.5) is 0 Å². The Balaban J connectivity index is 1.71. The second-order valence-electron chi connectivity index (χ2n) is 7.80. The molecule has 2 N–H and O–H groups in total. The highest BCUT2D eigenvalue weighted by Gasteiger charge is 2.57. The van der Waals surface area contributed by atoms with Crippen molar-refractivity contribution < 1.29 is 9.59 Å². The summed E-state index contributed by atoms with van der Waals surface area (Å²) in [4.78, 5) is 29.0. The molecular weight excluding hydrogens is 278 g/mol. The number of amides is 2. The van der Waals surface area contributed by atoms with E-state index in [0.29, 0.717) is 24.8 Å². The van der Waals surface area contributed by atoms with Gasteiger partial charge in [0.2, 0.25) is 11.8 Å². The molecule has 0 unspecified atom stereocenters. The Kier molecular flexibility index (Phi) is 4.19. The van der Waals surface area contributed by atoms with Gasteiger partial charge in [-0.3, -0.25) is 14.5 Å². The molecule has 0 aromatic carbocycles. The monoisotopic (exact) mass is 307 g/mol. The highest BCUT2D eigenvalue weighted by Crippen LogP contribution is 2.47. The number of hydrogen-bond acceptors (Lipinski definition) is 3. The molecule has 2 amide bonds. The zero-order valence-electron chi connectivity index (χ0n) is 13.9. The maximum absolute atomic E-state index is 12.8. The molecule has 1 atom stereocenters. The summed E-state index contributed by atoms with van der Waals surface area (Å²) in [6.07, 6.45) is 4.98. The van der Waals surface area contributed by atoms with E-state index in [2.05, 4.69) is 18.7 Å². The van der Waals surface area contributed by atoms with E-state index < -0.39 is 11.3 Å². The minimum atomic E-state index is -0.868. The van der Waals surface area contributed by atoms with Crippen LogP contribution in [0, 0.1) is 17.3 Å². The minimum Gasteiger partial charge on any atom is -0.369 e. The lowest BCUT2D eigenvalue weighted by Gasteiger charge is -2.35. The molecule has 22 heavy (non-hydrogen) atoms. The lowest BCUT2D eigenvalue weighted by Crippen LogP contribution is -2.49. The molecule has 1 heterocycles. The van der Waals surface area contributed by atoms with Crippen molar-refractivity contribution in [2.45, 2.75) is 52.0 Å². The number of nitrogens with two attached hydrogens (primary N) is 1. The molecule has 5 nitrogen and oxygen atoms in total. The topological polar surface area (TPSA) is 66.6 Å². The highest BCUT2D eigenvalue weighted by atomic mass is 16.2. The molecule has 0 bridgehead atoms. The number of rotatable bonds is 5. The third-order valence-electron chi connectivity index (χ3n) is 5.63. The molecule has 2 saturated carbocycles. The van der Waals surface area contributed by atoms with Gasteiger partial charge >= 0.3 is 0 Å². The molecule has 1 saturated heterocycles. The van der Waals surface area contributed by atoms with Crippen molar-refractivity contribution in [3.8, 4) is 0 Å². The zero-order chi connectivity index (χ0) is 15.9. The molecule has 2 aliphatic carbocycles. The summed E-state index contributed by atoms with van der Waals surface area (Å²) in [6.45, 7) is 8.22. The van der Waals surface area contributed by atoms with Crippen molar-refractivity contribution >= 4 is 11.8 Å². The number of carbonyl (C=O) groups is 2. The summed E-state index contributed by atoms with van der Waals surface area (Å²) in [5, 5.41) is 0. The standard InChI is InChI=1S/C17H29N3O2/c1-12(2)14-11-20(16(22)17(6-7-17)15(18)21)9-3-8-19(14)10-13-4-5-13/h12-14H,3-11H2,1-2H3,(H2,18,21)/t14-/m0/s1. The van der Waals surface area contributed by atoms with Gasteiger partial charge in [-0.15, -0.1) is 0 Å². The fourth-order valence-electron chi connectivity index (χ4n) is 3.73. The van der Waals surface area contributed by atoms with E-state index in [1.54, 1.807) is 0 Å².